The van der Waals surface area contributed by atoms with E-state index >= 15 is 0 Å². The molecule has 1 aliphatic heterocycles. The number of allylic oxidation sites excluding steroid dienone is 1. The molecule has 0 spiro atoms. The molecule has 0 fully saturated rings. The first-order valence-corrected chi connectivity index (χ1v) is 2.77. The molecule has 0 aromatic heterocycles. The summed E-state index contributed by atoms with van der Waals surface area (Å²) in [6.45, 7) is 0. The smallest absolute Gasteiger partial charge is 0.307 e. The highest BCUT2D eigenvalue weighted by molar-refractivity contribution is 5.91. The summed E-state index contributed by atoms with van der Waals surface area (Å²) in [6.07, 6.45) is 4.41. The topological polar surface area (TPSA) is 62.0 Å². The van der Waals surface area contributed by atoms with Crippen molar-refractivity contribution in [1.82, 2.24) is 0 Å². The quantitative estimate of drug-likeness (QED) is 0.602. The van der Waals surface area contributed by atoms with Crippen LogP contribution in [0.4, 0.5) is 0 Å². The van der Waals surface area contributed by atoms with Crippen molar-refractivity contribution in [1.29, 1.82) is 0 Å². The van der Waals surface area contributed by atoms with Crippen LogP contribution in [0.25, 0.3) is 0 Å². The Morgan fingerprint density at radius 1 is 1.80 bits per heavy atom. The second kappa shape index (κ2) is 2.91. The lowest BCUT2D eigenvalue weighted by atomic mass is 10.3. The number of aliphatic imine (C=N–C) groups is 2. The van der Waals surface area contributed by atoms with Gasteiger partial charge in [-0.15, -0.1) is 0 Å². The lowest BCUT2D eigenvalue weighted by molar-refractivity contribution is -0.136. The zero-order valence-corrected chi connectivity index (χ0v) is 5.19. The Morgan fingerprint density at radius 3 is 3.10 bits per heavy atom. The van der Waals surface area contributed by atoms with Crippen LogP contribution in [0, 0.1) is 0 Å². The average Bonchev–Trinajstić information content (AvgIpc) is 2.34. The van der Waals surface area contributed by atoms with Crippen LogP contribution in [0.15, 0.2) is 21.8 Å². The van der Waals surface area contributed by atoms with E-state index in [1.54, 1.807) is 0 Å². The van der Waals surface area contributed by atoms with Gasteiger partial charge in [0, 0.05) is 0 Å². The number of hydrogen-bond donors (Lipinski definition) is 1. The molecule has 0 saturated heterocycles. The van der Waals surface area contributed by atoms with Gasteiger partial charge in [0.15, 0.2) is 0 Å². The Morgan fingerprint density at radius 2 is 2.60 bits per heavy atom. The minimum absolute atomic E-state index is 0.00130. The van der Waals surface area contributed by atoms with Crippen LogP contribution in [0.5, 0.6) is 0 Å². The first-order valence-electron chi connectivity index (χ1n) is 2.77. The van der Waals surface area contributed by atoms with E-state index in [1.807, 2.05) is 0 Å². The molecule has 1 heterocycles. The molecule has 0 unspecified atom stereocenters. The van der Waals surface area contributed by atoms with Crippen molar-refractivity contribution in [2.75, 3.05) is 0 Å². The van der Waals surface area contributed by atoms with Crippen molar-refractivity contribution in [2.24, 2.45) is 9.98 Å². The standard InChI is InChI=1S/C6H6N2O2/c9-6(10)2-1-5-3-7-4-8-5/h1,3-4H,2H2,(H,9,10). The second-order valence-corrected chi connectivity index (χ2v) is 1.75. The Balaban J connectivity index is 2.48. The van der Waals surface area contributed by atoms with Gasteiger partial charge in [0.2, 0.25) is 0 Å². The van der Waals surface area contributed by atoms with Gasteiger partial charge in [-0.05, 0) is 6.08 Å². The monoisotopic (exact) mass is 138 g/mol. The molecule has 0 atom stereocenters. The predicted octanol–water partition coefficient (Wildman–Crippen LogP) is 0.458. The van der Waals surface area contributed by atoms with E-state index in [0.717, 1.165) is 0 Å². The fourth-order valence-electron chi connectivity index (χ4n) is 0.540. The highest BCUT2D eigenvalue weighted by atomic mass is 16.4. The molecule has 0 bridgehead atoms. The fourth-order valence-corrected chi connectivity index (χ4v) is 0.540. The predicted molar refractivity (Wildman–Crippen MR) is 37.3 cm³/mol. The molecule has 0 radical (unpaired) electrons. The number of hydrogen-bond acceptors (Lipinski definition) is 3. The van der Waals surface area contributed by atoms with Crippen molar-refractivity contribution in [3.05, 3.63) is 11.8 Å². The minimum Gasteiger partial charge on any atom is -0.481 e. The zero-order valence-electron chi connectivity index (χ0n) is 5.19. The van der Waals surface area contributed by atoms with Gasteiger partial charge in [-0.1, -0.05) is 0 Å². The van der Waals surface area contributed by atoms with E-state index < -0.39 is 5.97 Å². The summed E-state index contributed by atoms with van der Waals surface area (Å²) in [5.41, 5.74) is 0.613. The van der Waals surface area contributed by atoms with E-state index in [4.69, 9.17) is 5.11 Å². The van der Waals surface area contributed by atoms with Crippen LogP contribution < -0.4 is 0 Å². The molecule has 1 N–H and O–H groups in total. The van der Waals surface area contributed by atoms with Gasteiger partial charge in [0.25, 0.3) is 0 Å². The average molecular weight is 138 g/mol. The molecule has 4 nitrogen and oxygen atoms in total. The normalized spacial score (nSPS) is 18.6. The maximum Gasteiger partial charge on any atom is 0.307 e. The van der Waals surface area contributed by atoms with Gasteiger partial charge >= 0.3 is 5.97 Å². The number of aliphatic carboxylic acids is 1. The molecule has 4 heteroatoms. The van der Waals surface area contributed by atoms with Crippen LogP contribution in [0.2, 0.25) is 0 Å². The molecule has 0 aromatic rings. The zero-order chi connectivity index (χ0) is 7.40. The summed E-state index contributed by atoms with van der Waals surface area (Å²) in [7, 11) is 0. The van der Waals surface area contributed by atoms with Crippen LogP contribution in [0.3, 0.4) is 0 Å². The molecule has 0 aliphatic carbocycles. The van der Waals surface area contributed by atoms with Crippen LogP contribution in [-0.2, 0) is 4.79 Å². The Hall–Kier alpha value is -1.45. The number of carbonyl (C=O) groups is 1. The number of rotatable bonds is 2. The van der Waals surface area contributed by atoms with Gasteiger partial charge in [-0.3, -0.25) is 4.79 Å². The van der Waals surface area contributed by atoms with E-state index in [2.05, 4.69) is 9.98 Å². The van der Waals surface area contributed by atoms with Gasteiger partial charge in [0.05, 0.1) is 18.3 Å². The van der Waals surface area contributed by atoms with E-state index in [0.29, 0.717) is 5.70 Å². The van der Waals surface area contributed by atoms with Crippen LogP contribution >= 0.6 is 0 Å². The van der Waals surface area contributed by atoms with Crippen molar-refractivity contribution in [3.63, 3.8) is 0 Å². The van der Waals surface area contributed by atoms with Crippen LogP contribution in [0.1, 0.15) is 6.42 Å². The summed E-state index contributed by atoms with van der Waals surface area (Å²) in [6, 6.07) is 0. The SMILES string of the molecule is O=C(O)CC=C1C=NC=N1. The van der Waals surface area contributed by atoms with Crippen molar-refractivity contribution >= 4 is 18.5 Å². The van der Waals surface area contributed by atoms with Crippen molar-refractivity contribution < 1.29 is 9.90 Å². The third-order valence-corrected chi connectivity index (χ3v) is 0.966. The number of nitrogens with zero attached hydrogens (tertiary/aromatic N) is 2. The van der Waals surface area contributed by atoms with E-state index in [-0.39, 0.29) is 6.42 Å². The van der Waals surface area contributed by atoms with Gasteiger partial charge in [-0.2, -0.15) is 0 Å². The van der Waals surface area contributed by atoms with Gasteiger partial charge in [0.1, 0.15) is 6.34 Å². The lowest BCUT2D eigenvalue weighted by Gasteiger charge is -1.84. The highest BCUT2D eigenvalue weighted by Crippen LogP contribution is 1.99. The Labute approximate surface area is 57.6 Å². The molecule has 1 aliphatic rings. The number of carboxylic acids is 1. The van der Waals surface area contributed by atoms with Crippen LogP contribution in [-0.4, -0.2) is 23.6 Å². The maximum atomic E-state index is 10.0. The molecule has 1 rings (SSSR count). The molecule has 0 saturated carbocycles. The summed E-state index contributed by atoms with van der Waals surface area (Å²) >= 11 is 0. The first-order chi connectivity index (χ1) is 4.79. The molecule has 52 valence electrons. The van der Waals surface area contributed by atoms with Crippen molar-refractivity contribution in [2.45, 2.75) is 6.42 Å². The largest absolute Gasteiger partial charge is 0.481 e. The van der Waals surface area contributed by atoms with Gasteiger partial charge in [-0.25, -0.2) is 9.98 Å². The first kappa shape index (κ1) is 6.67. The fraction of sp³-hybridized carbons (Fsp3) is 0.167. The minimum atomic E-state index is -0.858. The molecule has 0 aromatic carbocycles. The second-order valence-electron chi connectivity index (χ2n) is 1.75. The summed E-state index contributed by atoms with van der Waals surface area (Å²) in [5.74, 6) is -0.858. The van der Waals surface area contributed by atoms with E-state index in [1.165, 1.54) is 18.6 Å². The highest BCUT2D eigenvalue weighted by Gasteiger charge is 1.96. The molecular formula is C6H6N2O2. The lowest BCUT2D eigenvalue weighted by Crippen LogP contribution is -1.91. The third-order valence-electron chi connectivity index (χ3n) is 0.966. The Kier molecular flexibility index (Phi) is 1.94. The Bertz CT molecular complexity index is 214. The van der Waals surface area contributed by atoms with E-state index in [9.17, 15) is 4.79 Å². The molecular weight excluding hydrogens is 132 g/mol. The summed E-state index contributed by atoms with van der Waals surface area (Å²) < 4.78 is 0. The van der Waals surface area contributed by atoms with Gasteiger partial charge < -0.3 is 5.11 Å². The third kappa shape index (κ3) is 1.81. The summed E-state index contributed by atoms with van der Waals surface area (Å²) in [5, 5.41) is 8.23. The molecule has 0 amide bonds. The van der Waals surface area contributed by atoms with Crippen molar-refractivity contribution in [3.8, 4) is 0 Å². The summed E-state index contributed by atoms with van der Waals surface area (Å²) in [4.78, 5) is 17.4. The maximum absolute atomic E-state index is 10.0. The number of carboxylic acid groups (broad SMARTS) is 1. The molecule has 10 heavy (non-hydrogen) atoms.